The lowest BCUT2D eigenvalue weighted by Crippen LogP contribution is -2.50. The van der Waals surface area contributed by atoms with E-state index in [0.717, 1.165) is 26.2 Å². The molecule has 2 N–H and O–H groups in total. The lowest BCUT2D eigenvalue weighted by atomic mass is 9.90. The molecule has 0 heterocycles. The minimum atomic E-state index is -4.93. The topological polar surface area (TPSA) is 118 Å². The van der Waals surface area contributed by atoms with Crippen LogP contribution in [-0.4, -0.2) is 40.4 Å². The fourth-order valence-corrected chi connectivity index (χ4v) is 2.92. The third-order valence-corrected chi connectivity index (χ3v) is 5.77. The quantitative estimate of drug-likeness (QED) is 0.333. The summed E-state index contributed by atoms with van der Waals surface area (Å²) >= 11 is 0. The van der Waals surface area contributed by atoms with Gasteiger partial charge in [0.2, 0.25) is 4.75 Å². The maximum atomic E-state index is 12.4. The fourth-order valence-electron chi connectivity index (χ4n) is 2.36. The molecule has 7 nitrogen and oxygen atoms in total. The Hall–Kier alpha value is -1.15. The van der Waals surface area contributed by atoms with E-state index in [9.17, 15) is 22.6 Å². The molecule has 0 saturated carbocycles. The lowest BCUT2D eigenvalue weighted by Gasteiger charge is -2.35. The first-order chi connectivity index (χ1) is 10.5. The van der Waals surface area contributed by atoms with Crippen LogP contribution in [0.1, 0.15) is 72.6 Å². The number of carbonyl (C=O) groups is 2. The molecule has 23 heavy (non-hydrogen) atoms. The summed E-state index contributed by atoms with van der Waals surface area (Å²) in [6, 6.07) is 0. The van der Waals surface area contributed by atoms with Crippen LogP contribution < -0.4 is 0 Å². The van der Waals surface area contributed by atoms with Gasteiger partial charge in [0.05, 0.1) is 6.42 Å². The maximum Gasteiger partial charge on any atom is 0.330 e. The van der Waals surface area contributed by atoms with Crippen molar-refractivity contribution in [2.24, 2.45) is 0 Å². The van der Waals surface area contributed by atoms with Crippen LogP contribution in [0, 0.1) is 0 Å². The number of ether oxygens (including phenoxy) is 1. The van der Waals surface area contributed by atoms with E-state index in [0.29, 0.717) is 19.3 Å². The van der Waals surface area contributed by atoms with E-state index in [1.807, 2.05) is 20.8 Å². The van der Waals surface area contributed by atoms with Gasteiger partial charge in [-0.1, -0.05) is 33.6 Å². The highest BCUT2D eigenvalue weighted by Gasteiger charge is 2.51. The molecule has 0 saturated heterocycles. The van der Waals surface area contributed by atoms with Gasteiger partial charge in [0.25, 0.3) is 10.1 Å². The van der Waals surface area contributed by atoms with E-state index in [-0.39, 0.29) is 0 Å². The predicted octanol–water partition coefficient (Wildman–Crippen LogP) is 2.79. The molecule has 8 heteroatoms. The van der Waals surface area contributed by atoms with Gasteiger partial charge in [-0.15, -0.1) is 0 Å². The number of unbranched alkanes of at least 4 members (excludes halogenated alkanes) is 2. The fraction of sp³-hybridized carbons (Fsp3) is 0.867. The molecule has 0 fully saturated rings. The Bertz CT molecular complexity index is 508. The number of carboxylic acid groups (broad SMARTS) is 1. The van der Waals surface area contributed by atoms with Gasteiger partial charge in [-0.05, 0) is 32.6 Å². The SMILES string of the molecule is CCCCCC(CC)(CC)OC(=O)C(C)(CC(=O)O)S(=O)(=O)O. The summed E-state index contributed by atoms with van der Waals surface area (Å²) in [5, 5.41) is 8.86. The Morgan fingerprint density at radius 3 is 1.96 bits per heavy atom. The molecule has 0 amide bonds. The molecular weight excluding hydrogens is 324 g/mol. The smallest absolute Gasteiger partial charge is 0.330 e. The highest BCUT2D eigenvalue weighted by Crippen LogP contribution is 2.32. The van der Waals surface area contributed by atoms with Crippen LogP contribution in [0.3, 0.4) is 0 Å². The van der Waals surface area contributed by atoms with Crippen molar-refractivity contribution in [3.63, 3.8) is 0 Å². The molecule has 0 aromatic rings. The third-order valence-electron chi connectivity index (χ3n) is 4.32. The van der Waals surface area contributed by atoms with Crippen LogP contribution in [0.15, 0.2) is 0 Å². The van der Waals surface area contributed by atoms with Crippen molar-refractivity contribution in [1.82, 2.24) is 0 Å². The highest BCUT2D eigenvalue weighted by atomic mass is 32.2. The molecular formula is C15H28O7S. The zero-order chi connectivity index (χ0) is 18.3. The third kappa shape index (κ3) is 5.76. The molecule has 0 aromatic carbocycles. The summed E-state index contributed by atoms with van der Waals surface area (Å²) in [5.41, 5.74) is -0.850. The second-order valence-electron chi connectivity index (χ2n) is 6.01. The van der Waals surface area contributed by atoms with Gasteiger partial charge in [-0.25, -0.2) is 0 Å². The molecule has 1 unspecified atom stereocenters. The number of hydrogen-bond donors (Lipinski definition) is 2. The monoisotopic (exact) mass is 352 g/mol. The average molecular weight is 352 g/mol. The summed E-state index contributed by atoms with van der Waals surface area (Å²) < 4.78 is 35.3. The molecule has 0 bridgehead atoms. The molecule has 0 radical (unpaired) electrons. The average Bonchev–Trinajstić information content (AvgIpc) is 2.44. The van der Waals surface area contributed by atoms with Gasteiger partial charge in [-0.3, -0.25) is 14.1 Å². The number of hydrogen-bond acceptors (Lipinski definition) is 5. The van der Waals surface area contributed by atoms with Crippen LogP contribution in [-0.2, 0) is 24.4 Å². The zero-order valence-electron chi connectivity index (χ0n) is 14.3. The van der Waals surface area contributed by atoms with Gasteiger partial charge in [0, 0.05) is 0 Å². The Labute approximate surface area is 138 Å². The van der Waals surface area contributed by atoms with Crippen molar-refractivity contribution in [1.29, 1.82) is 0 Å². The van der Waals surface area contributed by atoms with Gasteiger partial charge >= 0.3 is 11.9 Å². The van der Waals surface area contributed by atoms with Crippen LogP contribution in [0.4, 0.5) is 0 Å². The summed E-state index contributed by atoms with van der Waals surface area (Å²) in [7, 11) is -4.93. The molecule has 0 aromatic heterocycles. The van der Waals surface area contributed by atoms with E-state index in [2.05, 4.69) is 0 Å². The Morgan fingerprint density at radius 2 is 1.61 bits per heavy atom. The summed E-state index contributed by atoms with van der Waals surface area (Å²) in [5.74, 6) is -2.73. The number of esters is 1. The Morgan fingerprint density at radius 1 is 1.09 bits per heavy atom. The molecule has 0 spiro atoms. The summed E-state index contributed by atoms with van der Waals surface area (Å²) in [6.45, 7) is 6.56. The van der Waals surface area contributed by atoms with Crippen molar-refractivity contribution in [3.05, 3.63) is 0 Å². The van der Waals surface area contributed by atoms with Crippen molar-refractivity contribution in [2.45, 2.75) is 83.0 Å². The number of aliphatic carboxylic acids is 1. The van der Waals surface area contributed by atoms with E-state index in [1.165, 1.54) is 0 Å². The van der Waals surface area contributed by atoms with E-state index < -0.39 is 38.8 Å². The van der Waals surface area contributed by atoms with E-state index >= 15 is 0 Å². The molecule has 0 rings (SSSR count). The minimum absolute atomic E-state index is 0.480. The second kappa shape index (κ2) is 8.63. The Kier molecular flexibility index (Phi) is 8.20. The van der Waals surface area contributed by atoms with Gasteiger partial charge in [0.1, 0.15) is 5.60 Å². The largest absolute Gasteiger partial charge is 0.481 e. The first-order valence-corrected chi connectivity index (χ1v) is 9.34. The van der Waals surface area contributed by atoms with Crippen LogP contribution in [0.2, 0.25) is 0 Å². The Balaban J connectivity index is 5.46. The van der Waals surface area contributed by atoms with Gasteiger partial charge in [-0.2, -0.15) is 8.42 Å². The van der Waals surface area contributed by atoms with E-state index in [4.69, 9.17) is 9.84 Å². The van der Waals surface area contributed by atoms with Gasteiger partial charge in [0.15, 0.2) is 0 Å². The molecule has 1 atom stereocenters. The minimum Gasteiger partial charge on any atom is -0.481 e. The van der Waals surface area contributed by atoms with Crippen molar-refractivity contribution in [3.8, 4) is 0 Å². The summed E-state index contributed by atoms with van der Waals surface area (Å²) in [4.78, 5) is 23.3. The highest BCUT2D eigenvalue weighted by molar-refractivity contribution is 7.88. The van der Waals surface area contributed by atoms with Crippen LogP contribution >= 0.6 is 0 Å². The number of carboxylic acids is 1. The second-order valence-corrected chi connectivity index (χ2v) is 7.86. The van der Waals surface area contributed by atoms with Crippen molar-refractivity contribution in [2.75, 3.05) is 0 Å². The van der Waals surface area contributed by atoms with Crippen molar-refractivity contribution >= 4 is 22.1 Å². The predicted molar refractivity (Wildman–Crippen MR) is 85.8 cm³/mol. The molecule has 0 aliphatic heterocycles. The normalized spacial score (nSPS) is 15.0. The standard InChI is InChI=1S/C15H28O7S/c1-5-8-9-10-15(6-2,7-3)22-13(18)14(4,11-12(16)17)23(19,20)21/h5-11H2,1-4H3,(H,16,17)(H,19,20,21). The van der Waals surface area contributed by atoms with Crippen LogP contribution in [0.5, 0.6) is 0 Å². The lowest BCUT2D eigenvalue weighted by molar-refractivity contribution is -0.167. The van der Waals surface area contributed by atoms with Crippen molar-refractivity contribution < 1.29 is 32.4 Å². The molecule has 0 aliphatic rings. The maximum absolute atomic E-state index is 12.4. The van der Waals surface area contributed by atoms with Crippen LogP contribution in [0.25, 0.3) is 0 Å². The zero-order valence-corrected chi connectivity index (χ0v) is 15.1. The number of rotatable bonds is 11. The molecule has 136 valence electrons. The van der Waals surface area contributed by atoms with E-state index in [1.54, 1.807) is 0 Å². The number of carbonyl (C=O) groups excluding carboxylic acids is 1. The first kappa shape index (κ1) is 21.9. The first-order valence-electron chi connectivity index (χ1n) is 7.90. The van der Waals surface area contributed by atoms with Gasteiger partial charge < -0.3 is 9.84 Å². The molecule has 0 aliphatic carbocycles. The summed E-state index contributed by atoms with van der Waals surface area (Å²) in [6.07, 6.45) is 3.22.